The van der Waals surface area contributed by atoms with Crippen LogP contribution < -0.4 is 0 Å². The largest absolute Gasteiger partial charge is 0.463 e. The molecular weight excluding hydrogens is 286 g/mol. The molecule has 1 saturated heterocycles. The van der Waals surface area contributed by atoms with Gasteiger partial charge in [0.05, 0.1) is 17.9 Å². The number of amides is 1. The maximum atomic E-state index is 12.2. The molecule has 1 atom stereocenters. The Kier molecular flexibility index (Phi) is 4.31. The van der Waals surface area contributed by atoms with Crippen LogP contribution in [0.1, 0.15) is 55.9 Å². The molecule has 1 aliphatic heterocycles. The molecule has 2 fully saturated rings. The molecule has 116 valence electrons. The highest BCUT2D eigenvalue weighted by atomic mass is 32.2. The van der Waals surface area contributed by atoms with Crippen LogP contribution in [0.3, 0.4) is 0 Å². The molecule has 1 amide bonds. The first-order chi connectivity index (χ1) is 10.1. The zero-order valence-electron chi connectivity index (χ0n) is 12.5. The number of β-amino-alcohol motifs (C(OH)–C–C–N with tert-alkyl or cyclic N) is 1. The highest BCUT2D eigenvalue weighted by molar-refractivity contribution is 8.00. The van der Waals surface area contributed by atoms with Crippen LogP contribution in [-0.4, -0.2) is 33.8 Å². The SMILES string of the molecule is CCc1ccc(C2SCC(=O)N2CC2(O)CCCCC2)o1. The predicted octanol–water partition coefficient (Wildman–Crippen LogP) is 3.11. The summed E-state index contributed by atoms with van der Waals surface area (Å²) in [5.41, 5.74) is -0.711. The minimum atomic E-state index is -0.711. The second-order valence-electron chi connectivity index (χ2n) is 6.13. The fraction of sp³-hybridized carbons (Fsp3) is 0.688. The molecule has 1 saturated carbocycles. The smallest absolute Gasteiger partial charge is 0.234 e. The topological polar surface area (TPSA) is 53.7 Å². The lowest BCUT2D eigenvalue weighted by Crippen LogP contribution is -2.45. The third-order valence-electron chi connectivity index (χ3n) is 4.49. The van der Waals surface area contributed by atoms with Crippen LogP contribution in [0.15, 0.2) is 16.5 Å². The Hall–Kier alpha value is -0.940. The van der Waals surface area contributed by atoms with E-state index in [9.17, 15) is 9.90 Å². The van der Waals surface area contributed by atoms with E-state index >= 15 is 0 Å². The number of hydrogen-bond acceptors (Lipinski definition) is 4. The van der Waals surface area contributed by atoms with E-state index in [0.29, 0.717) is 12.3 Å². The first-order valence-corrected chi connectivity index (χ1v) is 8.88. The second-order valence-corrected chi connectivity index (χ2v) is 7.20. The van der Waals surface area contributed by atoms with Gasteiger partial charge in [-0.05, 0) is 25.0 Å². The highest BCUT2D eigenvalue weighted by Crippen LogP contribution is 2.41. The molecule has 5 heteroatoms. The van der Waals surface area contributed by atoms with Crippen molar-refractivity contribution in [3.8, 4) is 0 Å². The summed E-state index contributed by atoms with van der Waals surface area (Å²) in [6.45, 7) is 2.49. The molecule has 2 aliphatic rings. The lowest BCUT2D eigenvalue weighted by atomic mass is 9.84. The standard InChI is InChI=1S/C16H23NO3S/c1-2-12-6-7-13(20-12)15-17(14(18)10-21-15)11-16(19)8-4-3-5-9-16/h6-7,15,19H,2-5,8-11H2,1H3. The first-order valence-electron chi connectivity index (χ1n) is 7.83. The Balaban J connectivity index is 1.76. The molecule has 0 radical (unpaired) electrons. The average molecular weight is 309 g/mol. The molecule has 1 N–H and O–H groups in total. The van der Waals surface area contributed by atoms with Crippen LogP contribution >= 0.6 is 11.8 Å². The zero-order valence-corrected chi connectivity index (χ0v) is 13.3. The summed E-state index contributed by atoms with van der Waals surface area (Å²) in [7, 11) is 0. The van der Waals surface area contributed by atoms with E-state index in [1.165, 1.54) is 6.42 Å². The molecule has 0 bridgehead atoms. The molecular formula is C16H23NO3S. The molecule has 21 heavy (non-hydrogen) atoms. The fourth-order valence-electron chi connectivity index (χ4n) is 3.26. The number of furan rings is 1. The van der Waals surface area contributed by atoms with Crippen molar-refractivity contribution in [1.82, 2.24) is 4.90 Å². The highest BCUT2D eigenvalue weighted by Gasteiger charge is 2.40. The van der Waals surface area contributed by atoms with Crippen LogP contribution in [0.5, 0.6) is 0 Å². The van der Waals surface area contributed by atoms with E-state index in [1.807, 2.05) is 17.0 Å². The molecule has 1 aliphatic carbocycles. The number of hydrogen-bond donors (Lipinski definition) is 1. The van der Waals surface area contributed by atoms with E-state index in [0.717, 1.165) is 43.6 Å². The monoisotopic (exact) mass is 309 g/mol. The van der Waals surface area contributed by atoms with Crippen LogP contribution in [0.4, 0.5) is 0 Å². The number of thioether (sulfide) groups is 1. The van der Waals surface area contributed by atoms with Gasteiger partial charge in [0.25, 0.3) is 0 Å². The first kappa shape index (κ1) is 15.0. The summed E-state index contributed by atoms with van der Waals surface area (Å²) in [6.07, 6.45) is 5.75. The van der Waals surface area contributed by atoms with E-state index in [4.69, 9.17) is 4.42 Å². The van der Waals surface area contributed by atoms with E-state index in [2.05, 4.69) is 6.92 Å². The van der Waals surface area contributed by atoms with Crippen molar-refractivity contribution in [1.29, 1.82) is 0 Å². The summed E-state index contributed by atoms with van der Waals surface area (Å²) in [6, 6.07) is 3.94. The third-order valence-corrected chi connectivity index (χ3v) is 5.71. The lowest BCUT2D eigenvalue weighted by molar-refractivity contribution is -0.133. The molecule has 1 aromatic heterocycles. The van der Waals surface area contributed by atoms with Crippen molar-refractivity contribution in [2.45, 2.75) is 56.4 Å². The Morgan fingerprint density at radius 1 is 1.38 bits per heavy atom. The molecule has 1 unspecified atom stereocenters. The van der Waals surface area contributed by atoms with E-state index < -0.39 is 5.60 Å². The third kappa shape index (κ3) is 3.14. The maximum Gasteiger partial charge on any atom is 0.234 e. The van der Waals surface area contributed by atoms with E-state index in [-0.39, 0.29) is 11.3 Å². The number of rotatable bonds is 4. The maximum absolute atomic E-state index is 12.2. The van der Waals surface area contributed by atoms with Crippen molar-refractivity contribution >= 4 is 17.7 Å². The summed E-state index contributed by atoms with van der Waals surface area (Å²) >= 11 is 1.59. The minimum Gasteiger partial charge on any atom is -0.463 e. The van der Waals surface area contributed by atoms with Gasteiger partial charge in [0.15, 0.2) is 0 Å². The quantitative estimate of drug-likeness (QED) is 0.928. The van der Waals surface area contributed by atoms with Gasteiger partial charge in [-0.1, -0.05) is 26.2 Å². The van der Waals surface area contributed by atoms with Gasteiger partial charge in [-0.2, -0.15) is 0 Å². The predicted molar refractivity (Wildman–Crippen MR) is 83.0 cm³/mol. The van der Waals surface area contributed by atoms with Gasteiger partial charge in [0.1, 0.15) is 16.9 Å². The number of nitrogens with zero attached hydrogens (tertiary/aromatic N) is 1. The van der Waals surface area contributed by atoms with Crippen LogP contribution in [0.2, 0.25) is 0 Å². The van der Waals surface area contributed by atoms with Gasteiger partial charge in [0.2, 0.25) is 5.91 Å². The van der Waals surface area contributed by atoms with Crippen LogP contribution in [0.25, 0.3) is 0 Å². The number of carbonyl (C=O) groups is 1. The van der Waals surface area contributed by atoms with Gasteiger partial charge >= 0.3 is 0 Å². The van der Waals surface area contributed by atoms with Gasteiger partial charge in [-0.3, -0.25) is 4.79 Å². The molecule has 2 heterocycles. The van der Waals surface area contributed by atoms with Gasteiger partial charge in [-0.15, -0.1) is 11.8 Å². The van der Waals surface area contributed by atoms with Gasteiger partial charge in [0, 0.05) is 6.42 Å². The Morgan fingerprint density at radius 3 is 2.81 bits per heavy atom. The second kappa shape index (κ2) is 6.05. The Morgan fingerprint density at radius 2 is 2.14 bits per heavy atom. The van der Waals surface area contributed by atoms with Crippen molar-refractivity contribution in [2.75, 3.05) is 12.3 Å². The summed E-state index contributed by atoms with van der Waals surface area (Å²) in [4.78, 5) is 14.0. The van der Waals surface area contributed by atoms with Gasteiger partial charge < -0.3 is 14.4 Å². The zero-order chi connectivity index (χ0) is 14.9. The average Bonchev–Trinajstić information content (AvgIpc) is 3.07. The summed E-state index contributed by atoms with van der Waals surface area (Å²) < 4.78 is 5.82. The normalized spacial score (nSPS) is 25.5. The number of aliphatic hydroxyl groups is 1. The van der Waals surface area contributed by atoms with Crippen LogP contribution in [0, 0.1) is 0 Å². The van der Waals surface area contributed by atoms with Crippen molar-refractivity contribution in [2.24, 2.45) is 0 Å². The van der Waals surface area contributed by atoms with Crippen molar-refractivity contribution in [3.63, 3.8) is 0 Å². The van der Waals surface area contributed by atoms with Crippen LogP contribution in [-0.2, 0) is 11.2 Å². The summed E-state index contributed by atoms with van der Waals surface area (Å²) in [5.74, 6) is 2.37. The molecule has 4 nitrogen and oxygen atoms in total. The number of aryl methyl sites for hydroxylation is 1. The molecule has 0 aromatic carbocycles. The fourth-order valence-corrected chi connectivity index (χ4v) is 4.39. The Bertz CT molecular complexity index is 507. The molecule has 3 rings (SSSR count). The lowest BCUT2D eigenvalue weighted by Gasteiger charge is -2.37. The van der Waals surface area contributed by atoms with E-state index in [1.54, 1.807) is 11.8 Å². The minimum absolute atomic E-state index is 0.0799. The van der Waals surface area contributed by atoms with Crippen molar-refractivity contribution < 1.29 is 14.3 Å². The summed E-state index contributed by atoms with van der Waals surface area (Å²) in [5, 5.41) is 10.7. The number of carbonyl (C=O) groups excluding carboxylic acids is 1. The molecule has 0 spiro atoms. The molecule has 1 aromatic rings. The Labute approximate surface area is 129 Å². The van der Waals surface area contributed by atoms with Crippen molar-refractivity contribution in [3.05, 3.63) is 23.7 Å². The van der Waals surface area contributed by atoms with Gasteiger partial charge in [-0.25, -0.2) is 0 Å².